The van der Waals surface area contributed by atoms with E-state index in [1.54, 1.807) is 24.3 Å². The van der Waals surface area contributed by atoms with Crippen LogP contribution in [0.1, 0.15) is 73.6 Å². The Kier molecular flexibility index (Phi) is 5.44. The number of nitrogens with zero attached hydrogens (tertiary/aromatic N) is 1. The maximum atomic E-state index is 13.0. The van der Waals surface area contributed by atoms with Crippen LogP contribution in [0.25, 0.3) is 0 Å². The SMILES string of the molecule is CCC1CCC(NC(=O)C(C(C)C)N2C(=O)c3ccccc3C2=O)CC1. The summed E-state index contributed by atoms with van der Waals surface area (Å²) in [5.74, 6) is -0.345. The molecule has 5 nitrogen and oxygen atoms in total. The minimum Gasteiger partial charge on any atom is -0.352 e. The maximum absolute atomic E-state index is 13.0. The molecule has 1 heterocycles. The lowest BCUT2D eigenvalue weighted by molar-refractivity contribution is -0.127. The van der Waals surface area contributed by atoms with E-state index in [4.69, 9.17) is 0 Å². The summed E-state index contributed by atoms with van der Waals surface area (Å²) in [6.07, 6.45) is 5.38. The van der Waals surface area contributed by atoms with Gasteiger partial charge in [-0.3, -0.25) is 19.3 Å². The summed E-state index contributed by atoms with van der Waals surface area (Å²) in [5, 5.41) is 3.10. The summed E-state index contributed by atoms with van der Waals surface area (Å²) in [4.78, 5) is 39.6. The molecule has 0 aromatic heterocycles. The van der Waals surface area contributed by atoms with Crippen molar-refractivity contribution < 1.29 is 14.4 Å². The van der Waals surface area contributed by atoms with Crippen LogP contribution >= 0.6 is 0 Å². The molecule has 1 N–H and O–H groups in total. The fourth-order valence-electron chi connectivity index (χ4n) is 4.18. The van der Waals surface area contributed by atoms with Gasteiger partial charge < -0.3 is 5.32 Å². The molecule has 0 saturated heterocycles. The topological polar surface area (TPSA) is 66.5 Å². The lowest BCUT2D eigenvalue weighted by Crippen LogP contribution is -2.54. The van der Waals surface area contributed by atoms with Crippen molar-refractivity contribution in [1.82, 2.24) is 10.2 Å². The van der Waals surface area contributed by atoms with E-state index in [-0.39, 0.29) is 29.7 Å². The van der Waals surface area contributed by atoms with Crippen LogP contribution in [-0.2, 0) is 4.79 Å². The molecule has 3 rings (SSSR count). The molecule has 1 aliphatic carbocycles. The van der Waals surface area contributed by atoms with Crippen LogP contribution in [0.5, 0.6) is 0 Å². The van der Waals surface area contributed by atoms with Gasteiger partial charge in [0, 0.05) is 6.04 Å². The number of rotatable bonds is 5. The Morgan fingerprint density at radius 3 is 2.08 bits per heavy atom. The number of imide groups is 1. The van der Waals surface area contributed by atoms with Gasteiger partial charge in [0.25, 0.3) is 11.8 Å². The minimum absolute atomic E-state index is 0.140. The molecule has 0 radical (unpaired) electrons. The van der Waals surface area contributed by atoms with Crippen molar-refractivity contribution in [2.75, 3.05) is 0 Å². The van der Waals surface area contributed by atoms with E-state index >= 15 is 0 Å². The Hall–Kier alpha value is -2.17. The molecule has 0 bridgehead atoms. The summed E-state index contributed by atoms with van der Waals surface area (Å²) in [7, 11) is 0. The highest BCUT2D eigenvalue weighted by Crippen LogP contribution is 2.29. The number of hydrogen-bond acceptors (Lipinski definition) is 3. The first-order chi connectivity index (χ1) is 12.4. The van der Waals surface area contributed by atoms with Gasteiger partial charge in [0.05, 0.1) is 11.1 Å². The molecule has 1 aromatic rings. The number of benzene rings is 1. The van der Waals surface area contributed by atoms with Crippen LogP contribution in [0.4, 0.5) is 0 Å². The molecule has 1 aliphatic heterocycles. The highest BCUT2D eigenvalue weighted by Gasteiger charge is 2.44. The van der Waals surface area contributed by atoms with E-state index in [9.17, 15) is 14.4 Å². The summed E-state index contributed by atoms with van der Waals surface area (Å²) in [6.45, 7) is 5.96. The van der Waals surface area contributed by atoms with Gasteiger partial charge in [-0.05, 0) is 49.7 Å². The fourth-order valence-corrected chi connectivity index (χ4v) is 4.18. The fraction of sp³-hybridized carbons (Fsp3) is 0.571. The zero-order valence-corrected chi connectivity index (χ0v) is 15.8. The molecule has 1 saturated carbocycles. The molecule has 140 valence electrons. The Bertz CT molecular complexity index is 670. The molecule has 1 aromatic carbocycles. The van der Waals surface area contributed by atoms with Crippen LogP contribution in [-0.4, -0.2) is 34.7 Å². The molecule has 1 fully saturated rings. The summed E-state index contributed by atoms with van der Waals surface area (Å²) < 4.78 is 0. The number of carbonyl (C=O) groups is 3. The first-order valence-electron chi connectivity index (χ1n) is 9.71. The maximum Gasteiger partial charge on any atom is 0.262 e. The second kappa shape index (κ2) is 7.60. The van der Waals surface area contributed by atoms with Crippen molar-refractivity contribution in [3.05, 3.63) is 35.4 Å². The van der Waals surface area contributed by atoms with Gasteiger partial charge in [-0.2, -0.15) is 0 Å². The third-order valence-corrected chi connectivity index (χ3v) is 5.77. The van der Waals surface area contributed by atoms with Gasteiger partial charge in [-0.15, -0.1) is 0 Å². The van der Waals surface area contributed by atoms with Gasteiger partial charge in [0.1, 0.15) is 6.04 Å². The van der Waals surface area contributed by atoms with Crippen LogP contribution < -0.4 is 5.32 Å². The largest absolute Gasteiger partial charge is 0.352 e. The average molecular weight is 356 g/mol. The molecule has 2 aliphatic rings. The monoisotopic (exact) mass is 356 g/mol. The standard InChI is InChI=1S/C21H28N2O3/c1-4-14-9-11-15(12-10-14)22-19(24)18(13(2)3)23-20(25)16-7-5-6-8-17(16)21(23)26/h5-8,13-15,18H,4,9-12H2,1-3H3,(H,22,24). The Morgan fingerprint density at radius 2 is 1.62 bits per heavy atom. The van der Waals surface area contributed by atoms with Crippen molar-refractivity contribution in [3.8, 4) is 0 Å². The van der Waals surface area contributed by atoms with Crippen LogP contribution in [0.3, 0.4) is 0 Å². The van der Waals surface area contributed by atoms with Crippen molar-refractivity contribution in [2.45, 2.75) is 65.0 Å². The Labute approximate surface area is 155 Å². The predicted molar refractivity (Wildman–Crippen MR) is 99.7 cm³/mol. The second-order valence-corrected chi connectivity index (χ2v) is 7.85. The van der Waals surface area contributed by atoms with Crippen LogP contribution in [0.15, 0.2) is 24.3 Å². The van der Waals surface area contributed by atoms with Crippen LogP contribution in [0.2, 0.25) is 0 Å². The van der Waals surface area contributed by atoms with Gasteiger partial charge in [0.15, 0.2) is 0 Å². The summed E-state index contributed by atoms with van der Waals surface area (Å²) in [5.41, 5.74) is 0.777. The molecule has 5 heteroatoms. The Balaban J connectivity index is 1.75. The van der Waals surface area contributed by atoms with Gasteiger partial charge >= 0.3 is 0 Å². The number of amides is 3. The van der Waals surface area contributed by atoms with Crippen molar-refractivity contribution >= 4 is 17.7 Å². The van der Waals surface area contributed by atoms with Crippen molar-refractivity contribution in [2.24, 2.45) is 11.8 Å². The lowest BCUT2D eigenvalue weighted by atomic mass is 9.84. The number of nitrogens with one attached hydrogen (secondary N) is 1. The first-order valence-corrected chi connectivity index (χ1v) is 9.71. The predicted octanol–water partition coefficient (Wildman–Crippen LogP) is 3.39. The highest BCUT2D eigenvalue weighted by molar-refractivity contribution is 6.22. The van der Waals surface area contributed by atoms with Crippen molar-refractivity contribution in [1.29, 1.82) is 0 Å². The molecular weight excluding hydrogens is 328 g/mol. The average Bonchev–Trinajstić information content (AvgIpc) is 2.88. The molecule has 1 atom stereocenters. The van der Waals surface area contributed by atoms with E-state index in [2.05, 4.69) is 12.2 Å². The molecule has 0 spiro atoms. The zero-order valence-electron chi connectivity index (χ0n) is 15.8. The molecular formula is C21H28N2O3. The third-order valence-electron chi connectivity index (χ3n) is 5.77. The number of hydrogen-bond donors (Lipinski definition) is 1. The smallest absolute Gasteiger partial charge is 0.262 e. The van der Waals surface area contributed by atoms with Crippen LogP contribution in [0, 0.1) is 11.8 Å². The van der Waals surface area contributed by atoms with E-state index in [1.807, 2.05) is 13.8 Å². The Morgan fingerprint density at radius 1 is 1.08 bits per heavy atom. The molecule has 1 unspecified atom stereocenters. The normalized spacial score (nSPS) is 23.9. The molecule has 26 heavy (non-hydrogen) atoms. The number of fused-ring (bicyclic) bond motifs is 1. The van der Waals surface area contributed by atoms with E-state index < -0.39 is 6.04 Å². The van der Waals surface area contributed by atoms with Gasteiger partial charge in [-0.25, -0.2) is 0 Å². The summed E-state index contributed by atoms with van der Waals surface area (Å²) in [6, 6.07) is 6.15. The number of carbonyl (C=O) groups excluding carboxylic acids is 3. The quantitative estimate of drug-likeness (QED) is 0.823. The first kappa shape index (κ1) is 18.6. The lowest BCUT2D eigenvalue weighted by Gasteiger charge is -2.33. The highest BCUT2D eigenvalue weighted by atomic mass is 16.2. The van der Waals surface area contributed by atoms with Crippen molar-refractivity contribution in [3.63, 3.8) is 0 Å². The molecule has 3 amide bonds. The summed E-state index contributed by atoms with van der Waals surface area (Å²) >= 11 is 0. The van der Waals surface area contributed by atoms with E-state index in [0.717, 1.165) is 36.5 Å². The van der Waals surface area contributed by atoms with Gasteiger partial charge in [0.2, 0.25) is 5.91 Å². The van der Waals surface area contributed by atoms with E-state index in [0.29, 0.717) is 11.1 Å². The minimum atomic E-state index is -0.772. The van der Waals surface area contributed by atoms with Gasteiger partial charge in [-0.1, -0.05) is 39.3 Å². The zero-order chi connectivity index (χ0) is 18.8. The third kappa shape index (κ3) is 3.39. The second-order valence-electron chi connectivity index (χ2n) is 7.85. The van der Waals surface area contributed by atoms with E-state index in [1.165, 1.54) is 6.42 Å².